The fourth-order valence-corrected chi connectivity index (χ4v) is 3.39. The van der Waals surface area contributed by atoms with Crippen molar-refractivity contribution in [1.29, 1.82) is 0 Å². The van der Waals surface area contributed by atoms with Crippen molar-refractivity contribution in [2.24, 2.45) is 0 Å². The molecule has 4 heteroatoms. The van der Waals surface area contributed by atoms with Gasteiger partial charge in [-0.2, -0.15) is 0 Å². The van der Waals surface area contributed by atoms with Crippen molar-refractivity contribution in [3.05, 3.63) is 101 Å². The van der Waals surface area contributed by atoms with Crippen LogP contribution < -0.4 is 16.0 Å². The predicted octanol–water partition coefficient (Wildman–Crippen LogP) is 4.19. The molecule has 0 aromatic heterocycles. The van der Waals surface area contributed by atoms with Crippen molar-refractivity contribution >= 4 is 11.9 Å². The van der Waals surface area contributed by atoms with Gasteiger partial charge in [-0.15, -0.1) is 0 Å². The molecule has 3 N–H and O–H groups in total. The Morgan fingerprint density at radius 2 is 1.57 bits per heavy atom. The zero-order valence-electron chi connectivity index (χ0n) is 17.7. The first-order valence-electron chi connectivity index (χ1n) is 10.7. The molecular formula is C26H31N3O. The van der Waals surface area contributed by atoms with Gasteiger partial charge in [0.15, 0.2) is 0 Å². The number of carbonyl (C=O) groups is 1. The van der Waals surface area contributed by atoms with E-state index in [0.717, 1.165) is 42.0 Å². The first kappa shape index (κ1) is 21.6. The summed E-state index contributed by atoms with van der Waals surface area (Å²) in [7, 11) is 0. The van der Waals surface area contributed by atoms with Crippen LogP contribution >= 0.6 is 0 Å². The van der Waals surface area contributed by atoms with E-state index in [2.05, 4.69) is 47.2 Å². The standard InChI is InChI=1S/C26H31N3O/c1-2-27-17-18-28-24-16-10-9-15-23(19-21-11-5-3-6-12-21)26(30)25(24)29-20-22-13-7-4-8-14-22/h3-14,19,27-29H,2,15-18,20H2,1H3/b10-9+,23-19?,25-24-. The van der Waals surface area contributed by atoms with Crippen LogP contribution in [0.2, 0.25) is 0 Å². The minimum atomic E-state index is 0.0603. The maximum absolute atomic E-state index is 13.5. The average molecular weight is 402 g/mol. The third-order valence-corrected chi connectivity index (χ3v) is 4.99. The molecule has 0 saturated carbocycles. The van der Waals surface area contributed by atoms with Gasteiger partial charge >= 0.3 is 0 Å². The second kappa shape index (κ2) is 11.8. The minimum absolute atomic E-state index is 0.0603. The lowest BCUT2D eigenvalue weighted by atomic mass is 9.97. The van der Waals surface area contributed by atoms with Gasteiger partial charge in [0.05, 0.1) is 0 Å². The van der Waals surface area contributed by atoms with E-state index in [9.17, 15) is 4.79 Å². The van der Waals surface area contributed by atoms with E-state index in [-0.39, 0.29) is 5.78 Å². The van der Waals surface area contributed by atoms with E-state index in [4.69, 9.17) is 0 Å². The largest absolute Gasteiger partial charge is 0.385 e. The molecule has 0 aliphatic heterocycles. The van der Waals surface area contributed by atoms with E-state index in [1.807, 2.05) is 54.6 Å². The molecule has 30 heavy (non-hydrogen) atoms. The van der Waals surface area contributed by atoms with Crippen LogP contribution in [-0.4, -0.2) is 25.4 Å². The van der Waals surface area contributed by atoms with Crippen LogP contribution in [0.15, 0.2) is 89.8 Å². The normalized spacial score (nSPS) is 19.2. The van der Waals surface area contributed by atoms with Crippen LogP contribution in [0.1, 0.15) is 30.9 Å². The summed E-state index contributed by atoms with van der Waals surface area (Å²) in [5, 5.41) is 10.2. The molecule has 4 nitrogen and oxygen atoms in total. The Bertz CT molecular complexity index is 898. The molecule has 1 aliphatic rings. The zero-order valence-corrected chi connectivity index (χ0v) is 17.7. The summed E-state index contributed by atoms with van der Waals surface area (Å²) in [4.78, 5) is 13.5. The van der Waals surface area contributed by atoms with Gasteiger partial charge in [-0.25, -0.2) is 0 Å². The second-order valence-electron chi connectivity index (χ2n) is 7.26. The van der Waals surface area contributed by atoms with Crippen LogP contribution in [0, 0.1) is 0 Å². The molecule has 2 aromatic rings. The first-order valence-corrected chi connectivity index (χ1v) is 10.7. The highest BCUT2D eigenvalue weighted by Gasteiger charge is 2.20. The number of nitrogens with one attached hydrogen (secondary N) is 3. The highest BCUT2D eigenvalue weighted by Crippen LogP contribution is 2.21. The number of benzene rings is 2. The van der Waals surface area contributed by atoms with E-state index in [1.54, 1.807) is 0 Å². The molecule has 0 amide bonds. The van der Waals surface area contributed by atoms with Crippen molar-refractivity contribution in [3.8, 4) is 0 Å². The Labute approximate surface area is 179 Å². The van der Waals surface area contributed by atoms with Gasteiger partial charge in [-0.1, -0.05) is 79.7 Å². The minimum Gasteiger partial charge on any atom is -0.385 e. The fourth-order valence-electron chi connectivity index (χ4n) is 3.39. The fraction of sp³-hybridized carbons (Fsp3) is 0.269. The summed E-state index contributed by atoms with van der Waals surface area (Å²) in [6, 6.07) is 20.2. The summed E-state index contributed by atoms with van der Waals surface area (Å²) >= 11 is 0. The summed E-state index contributed by atoms with van der Waals surface area (Å²) in [5.41, 5.74) is 4.60. The Kier molecular flexibility index (Phi) is 8.48. The Morgan fingerprint density at radius 3 is 2.30 bits per heavy atom. The number of Topliss-reactive ketones (excluding diaryl/α,β-unsaturated/α-hetero) is 1. The lowest BCUT2D eigenvalue weighted by Gasteiger charge is -2.20. The number of allylic oxidation sites excluding steroid dienone is 3. The third-order valence-electron chi connectivity index (χ3n) is 4.99. The van der Waals surface area contributed by atoms with E-state index in [1.165, 1.54) is 0 Å². The molecular weight excluding hydrogens is 370 g/mol. The van der Waals surface area contributed by atoms with Crippen molar-refractivity contribution in [1.82, 2.24) is 16.0 Å². The highest BCUT2D eigenvalue weighted by atomic mass is 16.1. The number of likely N-dealkylation sites (N-methyl/N-ethyl adjacent to an activating group) is 1. The highest BCUT2D eigenvalue weighted by molar-refractivity contribution is 6.11. The molecule has 0 fully saturated rings. The molecule has 0 saturated heterocycles. The van der Waals surface area contributed by atoms with Crippen LogP contribution in [0.5, 0.6) is 0 Å². The van der Waals surface area contributed by atoms with Crippen LogP contribution in [0.4, 0.5) is 0 Å². The summed E-state index contributed by atoms with van der Waals surface area (Å²) in [5.74, 6) is 0.0603. The molecule has 0 bridgehead atoms. The Morgan fingerprint density at radius 1 is 0.867 bits per heavy atom. The molecule has 2 aromatic carbocycles. The van der Waals surface area contributed by atoms with Gasteiger partial charge in [-0.05, 0) is 30.2 Å². The topological polar surface area (TPSA) is 53.2 Å². The number of ketones is 1. The average Bonchev–Trinajstić information content (AvgIpc) is 2.78. The maximum atomic E-state index is 13.5. The molecule has 0 unspecified atom stereocenters. The van der Waals surface area contributed by atoms with E-state index in [0.29, 0.717) is 25.1 Å². The first-order chi connectivity index (χ1) is 14.8. The predicted molar refractivity (Wildman–Crippen MR) is 125 cm³/mol. The molecule has 1 aliphatic carbocycles. The van der Waals surface area contributed by atoms with E-state index >= 15 is 0 Å². The number of carbonyl (C=O) groups excluding carboxylic acids is 1. The Hall–Kier alpha value is -3.11. The molecule has 3 rings (SSSR count). The monoisotopic (exact) mass is 401 g/mol. The summed E-state index contributed by atoms with van der Waals surface area (Å²) in [6.45, 7) is 5.27. The van der Waals surface area contributed by atoms with E-state index < -0.39 is 0 Å². The maximum Gasteiger partial charge on any atom is 0.206 e. The van der Waals surface area contributed by atoms with Crippen LogP contribution in [0.25, 0.3) is 6.08 Å². The number of hydrogen-bond donors (Lipinski definition) is 3. The molecule has 0 spiro atoms. The van der Waals surface area contributed by atoms with Crippen molar-refractivity contribution in [2.75, 3.05) is 19.6 Å². The molecule has 156 valence electrons. The Balaban J connectivity index is 1.87. The molecule has 0 atom stereocenters. The number of hydrogen-bond acceptors (Lipinski definition) is 4. The van der Waals surface area contributed by atoms with Crippen molar-refractivity contribution < 1.29 is 4.79 Å². The lowest BCUT2D eigenvalue weighted by molar-refractivity contribution is -0.112. The quantitative estimate of drug-likeness (QED) is 0.335. The SMILES string of the molecule is CCNCCN/C1=C(\NCc2ccccc2)C(=O)C(=Cc2ccccc2)C/C=C/C1. The zero-order chi connectivity index (χ0) is 21.0. The lowest BCUT2D eigenvalue weighted by Crippen LogP contribution is -2.32. The van der Waals surface area contributed by atoms with Gasteiger partial charge in [0.1, 0.15) is 5.70 Å². The van der Waals surface area contributed by atoms with Gasteiger partial charge in [0, 0.05) is 37.3 Å². The van der Waals surface area contributed by atoms with Crippen LogP contribution in [-0.2, 0) is 11.3 Å². The second-order valence-corrected chi connectivity index (χ2v) is 7.26. The van der Waals surface area contributed by atoms with Crippen LogP contribution in [0.3, 0.4) is 0 Å². The van der Waals surface area contributed by atoms with Gasteiger partial charge in [-0.3, -0.25) is 4.79 Å². The third kappa shape index (κ3) is 6.46. The summed E-state index contributed by atoms with van der Waals surface area (Å²) < 4.78 is 0. The van der Waals surface area contributed by atoms with Crippen molar-refractivity contribution in [3.63, 3.8) is 0 Å². The summed E-state index contributed by atoms with van der Waals surface area (Å²) in [6.07, 6.45) is 7.58. The van der Waals surface area contributed by atoms with Gasteiger partial charge in [0.2, 0.25) is 5.78 Å². The number of rotatable bonds is 9. The smallest absolute Gasteiger partial charge is 0.206 e. The van der Waals surface area contributed by atoms with Gasteiger partial charge in [0.25, 0.3) is 0 Å². The van der Waals surface area contributed by atoms with Gasteiger partial charge < -0.3 is 16.0 Å². The molecule has 0 heterocycles. The van der Waals surface area contributed by atoms with Crippen molar-refractivity contribution in [2.45, 2.75) is 26.3 Å². The molecule has 0 radical (unpaired) electrons.